The minimum absolute atomic E-state index is 0.0434. The molecule has 0 atom stereocenters. The van der Waals surface area contributed by atoms with Crippen molar-refractivity contribution in [2.24, 2.45) is 4.99 Å². The Morgan fingerprint density at radius 3 is 2.60 bits per heavy atom. The van der Waals surface area contributed by atoms with Gasteiger partial charge in [-0.05, 0) is 19.7 Å². The lowest BCUT2D eigenvalue weighted by atomic mass is 10.4. The third-order valence-corrected chi connectivity index (χ3v) is 0.836. The Morgan fingerprint density at radius 1 is 1.70 bits per heavy atom. The van der Waals surface area contributed by atoms with Crippen LogP contribution < -0.4 is 0 Å². The standard InChI is InChI=1S/C7H9NO2/c1-3-4-5-6(8-2)7(9)10/h3-5H,2H2,1H3,(H,9,10)/b4-3-,6-5-. The first-order valence-electron chi connectivity index (χ1n) is 2.75. The molecule has 1 N–H and O–H groups in total. The predicted octanol–water partition coefficient (Wildman–Crippen LogP) is 1.23. The van der Waals surface area contributed by atoms with E-state index in [9.17, 15) is 4.79 Å². The molecule has 0 aromatic carbocycles. The van der Waals surface area contributed by atoms with Crippen LogP contribution in [0.25, 0.3) is 0 Å². The summed E-state index contributed by atoms with van der Waals surface area (Å²) in [6.07, 6.45) is 4.70. The highest BCUT2D eigenvalue weighted by Crippen LogP contribution is 1.94. The fourth-order valence-electron chi connectivity index (χ4n) is 0.379. The molecular formula is C7H9NO2. The first-order valence-corrected chi connectivity index (χ1v) is 2.75. The first kappa shape index (κ1) is 8.62. The van der Waals surface area contributed by atoms with Crippen LogP contribution >= 0.6 is 0 Å². The Balaban J connectivity index is 4.33. The van der Waals surface area contributed by atoms with Crippen LogP contribution in [-0.2, 0) is 4.79 Å². The van der Waals surface area contributed by atoms with Crippen LogP contribution in [0.15, 0.2) is 28.9 Å². The molecule has 0 amide bonds. The summed E-state index contributed by atoms with van der Waals surface area (Å²) in [4.78, 5) is 13.5. The van der Waals surface area contributed by atoms with Gasteiger partial charge in [0, 0.05) is 0 Å². The number of hydrogen-bond acceptors (Lipinski definition) is 2. The normalized spacial score (nSPS) is 11.9. The monoisotopic (exact) mass is 139 g/mol. The maximum atomic E-state index is 10.2. The van der Waals surface area contributed by atoms with Gasteiger partial charge >= 0.3 is 5.97 Å². The Labute approximate surface area is 59.4 Å². The zero-order valence-corrected chi connectivity index (χ0v) is 5.74. The van der Waals surface area contributed by atoms with E-state index in [-0.39, 0.29) is 5.70 Å². The Bertz CT molecular complexity index is 192. The van der Waals surface area contributed by atoms with Crippen molar-refractivity contribution in [1.29, 1.82) is 0 Å². The van der Waals surface area contributed by atoms with E-state index in [0.29, 0.717) is 0 Å². The van der Waals surface area contributed by atoms with Gasteiger partial charge in [0.25, 0.3) is 0 Å². The minimum Gasteiger partial charge on any atom is -0.477 e. The number of aliphatic carboxylic acids is 1. The quantitative estimate of drug-likeness (QED) is 0.363. The molecule has 3 heteroatoms. The smallest absolute Gasteiger partial charge is 0.354 e. The third kappa shape index (κ3) is 2.81. The van der Waals surface area contributed by atoms with E-state index in [4.69, 9.17) is 5.11 Å². The summed E-state index contributed by atoms with van der Waals surface area (Å²) in [5.74, 6) is -1.06. The predicted molar refractivity (Wildman–Crippen MR) is 40.1 cm³/mol. The zero-order chi connectivity index (χ0) is 7.98. The molecule has 0 aromatic heterocycles. The number of carboxylic acid groups (broad SMARTS) is 1. The molecule has 0 heterocycles. The number of carboxylic acids is 1. The fraction of sp³-hybridized carbons (Fsp3) is 0.143. The summed E-state index contributed by atoms with van der Waals surface area (Å²) in [7, 11) is 0. The maximum Gasteiger partial charge on any atom is 0.354 e. The Morgan fingerprint density at radius 2 is 2.30 bits per heavy atom. The van der Waals surface area contributed by atoms with Gasteiger partial charge in [-0.2, -0.15) is 0 Å². The molecule has 0 spiro atoms. The van der Waals surface area contributed by atoms with E-state index in [2.05, 4.69) is 11.7 Å². The van der Waals surface area contributed by atoms with E-state index < -0.39 is 5.97 Å². The van der Waals surface area contributed by atoms with Gasteiger partial charge in [-0.25, -0.2) is 4.79 Å². The molecule has 0 saturated carbocycles. The SMILES string of the molecule is C=N/C(=C\C=C/C)C(=O)O. The Kier molecular flexibility index (Phi) is 3.87. The van der Waals surface area contributed by atoms with Crippen LogP contribution in [0.4, 0.5) is 0 Å². The number of aliphatic imine (C=N–C) groups is 1. The number of carbonyl (C=O) groups is 1. The summed E-state index contributed by atoms with van der Waals surface area (Å²) in [6, 6.07) is 0. The van der Waals surface area contributed by atoms with E-state index in [0.717, 1.165) is 0 Å². The number of nitrogens with zero attached hydrogens (tertiary/aromatic N) is 1. The second kappa shape index (κ2) is 4.49. The van der Waals surface area contributed by atoms with Crippen molar-refractivity contribution in [3.8, 4) is 0 Å². The van der Waals surface area contributed by atoms with Crippen molar-refractivity contribution >= 4 is 12.7 Å². The molecule has 3 nitrogen and oxygen atoms in total. The number of rotatable bonds is 3. The molecule has 54 valence electrons. The van der Waals surface area contributed by atoms with Gasteiger partial charge in [0.2, 0.25) is 0 Å². The van der Waals surface area contributed by atoms with Gasteiger partial charge in [-0.15, -0.1) is 0 Å². The van der Waals surface area contributed by atoms with Crippen molar-refractivity contribution < 1.29 is 9.90 Å². The molecule has 0 aliphatic heterocycles. The van der Waals surface area contributed by atoms with Gasteiger partial charge < -0.3 is 5.11 Å². The van der Waals surface area contributed by atoms with Crippen molar-refractivity contribution in [2.75, 3.05) is 0 Å². The molecule has 10 heavy (non-hydrogen) atoms. The zero-order valence-electron chi connectivity index (χ0n) is 5.74. The summed E-state index contributed by atoms with van der Waals surface area (Å²) in [6.45, 7) is 4.89. The lowest BCUT2D eigenvalue weighted by molar-refractivity contribution is -0.132. The summed E-state index contributed by atoms with van der Waals surface area (Å²) < 4.78 is 0. The molecule has 0 aromatic rings. The van der Waals surface area contributed by atoms with E-state index in [1.165, 1.54) is 6.08 Å². The van der Waals surface area contributed by atoms with Gasteiger partial charge in [-0.1, -0.05) is 12.2 Å². The van der Waals surface area contributed by atoms with Crippen molar-refractivity contribution in [3.05, 3.63) is 23.9 Å². The van der Waals surface area contributed by atoms with Crippen LogP contribution in [0.3, 0.4) is 0 Å². The highest BCUT2D eigenvalue weighted by atomic mass is 16.4. The topological polar surface area (TPSA) is 49.7 Å². The maximum absolute atomic E-state index is 10.2. The van der Waals surface area contributed by atoms with Gasteiger partial charge in [0.05, 0.1) is 0 Å². The molecule has 0 bridgehead atoms. The third-order valence-electron chi connectivity index (χ3n) is 0.836. The summed E-state index contributed by atoms with van der Waals surface area (Å²) in [5.41, 5.74) is -0.0434. The molecular weight excluding hydrogens is 130 g/mol. The lowest BCUT2D eigenvalue weighted by Crippen LogP contribution is -1.96. The molecule has 0 aliphatic rings. The molecule has 0 rings (SSSR count). The first-order chi connectivity index (χ1) is 4.72. The van der Waals surface area contributed by atoms with Crippen molar-refractivity contribution in [2.45, 2.75) is 6.92 Å². The highest BCUT2D eigenvalue weighted by Gasteiger charge is 1.99. The van der Waals surface area contributed by atoms with E-state index >= 15 is 0 Å². The summed E-state index contributed by atoms with van der Waals surface area (Å²) >= 11 is 0. The largest absolute Gasteiger partial charge is 0.477 e. The summed E-state index contributed by atoms with van der Waals surface area (Å²) in [5, 5.41) is 8.36. The van der Waals surface area contributed by atoms with Crippen LogP contribution in [0, 0.1) is 0 Å². The van der Waals surface area contributed by atoms with Crippen molar-refractivity contribution in [3.63, 3.8) is 0 Å². The average molecular weight is 139 g/mol. The van der Waals surface area contributed by atoms with Crippen LogP contribution in [0.5, 0.6) is 0 Å². The average Bonchev–Trinajstić information content (AvgIpc) is 1.89. The van der Waals surface area contributed by atoms with Crippen molar-refractivity contribution in [1.82, 2.24) is 0 Å². The van der Waals surface area contributed by atoms with Crippen LogP contribution in [-0.4, -0.2) is 17.8 Å². The number of allylic oxidation sites excluding steroid dienone is 3. The van der Waals surface area contributed by atoms with E-state index in [1.807, 2.05) is 0 Å². The second-order valence-electron chi connectivity index (χ2n) is 1.54. The molecule has 0 aliphatic carbocycles. The van der Waals surface area contributed by atoms with Gasteiger partial charge in [0.1, 0.15) is 5.70 Å². The second-order valence-corrected chi connectivity index (χ2v) is 1.54. The molecule has 0 radical (unpaired) electrons. The van der Waals surface area contributed by atoms with Crippen LogP contribution in [0.1, 0.15) is 6.92 Å². The molecule has 0 fully saturated rings. The minimum atomic E-state index is -1.06. The lowest BCUT2D eigenvalue weighted by Gasteiger charge is -1.87. The van der Waals surface area contributed by atoms with Gasteiger partial charge in [0.15, 0.2) is 0 Å². The molecule has 0 unspecified atom stereocenters. The van der Waals surface area contributed by atoms with Gasteiger partial charge in [-0.3, -0.25) is 4.99 Å². The highest BCUT2D eigenvalue weighted by molar-refractivity contribution is 5.87. The fourth-order valence-corrected chi connectivity index (χ4v) is 0.379. The van der Waals surface area contributed by atoms with Crippen LogP contribution in [0.2, 0.25) is 0 Å². The Hall–Kier alpha value is -1.38. The number of hydrogen-bond donors (Lipinski definition) is 1. The van der Waals surface area contributed by atoms with E-state index in [1.54, 1.807) is 19.1 Å². The molecule has 0 saturated heterocycles.